The Morgan fingerprint density at radius 2 is 1.92 bits per heavy atom. The number of hydrogen-bond acceptors (Lipinski definition) is 3. The highest BCUT2D eigenvalue weighted by molar-refractivity contribution is 5.94. The van der Waals surface area contributed by atoms with Crippen LogP contribution in [0.25, 0.3) is 5.65 Å². The molecule has 1 amide bonds. The molecule has 0 fully saturated rings. The molecule has 0 saturated heterocycles. The molecule has 24 heavy (non-hydrogen) atoms. The molecule has 3 aromatic rings. The first-order chi connectivity index (χ1) is 11.7. The van der Waals surface area contributed by atoms with E-state index in [0.717, 1.165) is 19.3 Å². The van der Waals surface area contributed by atoms with Crippen molar-refractivity contribution in [3.05, 3.63) is 81.9 Å². The van der Waals surface area contributed by atoms with Crippen LogP contribution in [0, 0.1) is 0 Å². The smallest absolute Gasteiger partial charge is 0.270 e. The molecule has 5 heteroatoms. The van der Waals surface area contributed by atoms with Gasteiger partial charge >= 0.3 is 0 Å². The Balaban J connectivity index is 1.57. The van der Waals surface area contributed by atoms with E-state index >= 15 is 0 Å². The SMILES string of the molecule is O=C(NC1CCc2ccccc2C1)c1cnc2ccccn2c1=O. The maximum Gasteiger partial charge on any atom is 0.270 e. The van der Waals surface area contributed by atoms with Crippen molar-refractivity contribution in [2.24, 2.45) is 0 Å². The van der Waals surface area contributed by atoms with Crippen LogP contribution in [0.4, 0.5) is 0 Å². The monoisotopic (exact) mass is 319 g/mol. The van der Waals surface area contributed by atoms with Gasteiger partial charge in [-0.3, -0.25) is 14.0 Å². The van der Waals surface area contributed by atoms with E-state index in [1.165, 1.54) is 21.7 Å². The molecule has 1 atom stereocenters. The first-order valence-corrected chi connectivity index (χ1v) is 8.06. The van der Waals surface area contributed by atoms with Gasteiger partial charge in [0.15, 0.2) is 0 Å². The van der Waals surface area contributed by atoms with E-state index in [2.05, 4.69) is 22.4 Å². The molecular weight excluding hydrogens is 302 g/mol. The first-order valence-electron chi connectivity index (χ1n) is 8.06. The zero-order valence-electron chi connectivity index (χ0n) is 13.1. The summed E-state index contributed by atoms with van der Waals surface area (Å²) in [6.45, 7) is 0. The topological polar surface area (TPSA) is 63.5 Å². The second-order valence-electron chi connectivity index (χ2n) is 6.09. The van der Waals surface area contributed by atoms with E-state index in [1.807, 2.05) is 12.1 Å². The molecule has 120 valence electrons. The summed E-state index contributed by atoms with van der Waals surface area (Å²) in [6.07, 6.45) is 5.60. The molecular formula is C19H17N3O2. The predicted molar refractivity (Wildman–Crippen MR) is 91.2 cm³/mol. The molecule has 1 N–H and O–H groups in total. The number of amides is 1. The summed E-state index contributed by atoms with van der Waals surface area (Å²) in [5.41, 5.74) is 2.88. The molecule has 0 aliphatic heterocycles. The normalized spacial score (nSPS) is 16.6. The van der Waals surface area contributed by atoms with Crippen molar-refractivity contribution >= 4 is 11.6 Å². The minimum absolute atomic E-state index is 0.0447. The van der Waals surface area contributed by atoms with Crippen LogP contribution in [0.3, 0.4) is 0 Å². The fourth-order valence-electron chi connectivity index (χ4n) is 3.27. The Morgan fingerprint density at radius 1 is 1.12 bits per heavy atom. The Morgan fingerprint density at radius 3 is 2.79 bits per heavy atom. The molecule has 1 aliphatic rings. The van der Waals surface area contributed by atoms with E-state index in [9.17, 15) is 9.59 Å². The number of carbonyl (C=O) groups is 1. The number of rotatable bonds is 2. The summed E-state index contributed by atoms with van der Waals surface area (Å²) in [5, 5.41) is 2.99. The van der Waals surface area contributed by atoms with Gasteiger partial charge in [-0.1, -0.05) is 30.3 Å². The number of nitrogens with zero attached hydrogens (tertiary/aromatic N) is 2. The number of aromatic nitrogens is 2. The molecule has 0 spiro atoms. The Bertz CT molecular complexity index is 978. The minimum atomic E-state index is -0.352. The van der Waals surface area contributed by atoms with Crippen molar-refractivity contribution in [2.75, 3.05) is 0 Å². The molecule has 1 aromatic carbocycles. The van der Waals surface area contributed by atoms with Gasteiger partial charge < -0.3 is 5.32 Å². The Hall–Kier alpha value is -2.95. The predicted octanol–water partition coefficient (Wildman–Crippen LogP) is 1.98. The third-order valence-corrected chi connectivity index (χ3v) is 4.54. The number of pyridine rings is 1. The van der Waals surface area contributed by atoms with Crippen molar-refractivity contribution < 1.29 is 4.79 Å². The van der Waals surface area contributed by atoms with Gasteiger partial charge in [-0.25, -0.2) is 4.98 Å². The van der Waals surface area contributed by atoms with Crippen LogP contribution < -0.4 is 10.9 Å². The molecule has 5 nitrogen and oxygen atoms in total. The van der Waals surface area contributed by atoms with Crippen LogP contribution in [0.2, 0.25) is 0 Å². The molecule has 0 saturated carbocycles. The molecule has 0 radical (unpaired) electrons. The second kappa shape index (κ2) is 5.92. The summed E-state index contributed by atoms with van der Waals surface area (Å²) < 4.78 is 1.39. The molecule has 2 aromatic heterocycles. The lowest BCUT2D eigenvalue weighted by atomic mass is 9.88. The highest BCUT2D eigenvalue weighted by Crippen LogP contribution is 2.21. The van der Waals surface area contributed by atoms with Gasteiger partial charge in [0, 0.05) is 18.4 Å². The molecule has 1 aliphatic carbocycles. The number of hydrogen-bond donors (Lipinski definition) is 1. The zero-order chi connectivity index (χ0) is 16.5. The van der Waals surface area contributed by atoms with Gasteiger partial charge in [0.1, 0.15) is 11.2 Å². The summed E-state index contributed by atoms with van der Waals surface area (Å²) in [7, 11) is 0. The van der Waals surface area contributed by atoms with Crippen molar-refractivity contribution in [1.29, 1.82) is 0 Å². The lowest BCUT2D eigenvalue weighted by Crippen LogP contribution is -2.41. The van der Waals surface area contributed by atoms with Gasteiger partial charge in [0.25, 0.3) is 11.5 Å². The zero-order valence-corrected chi connectivity index (χ0v) is 13.1. The van der Waals surface area contributed by atoms with E-state index in [-0.39, 0.29) is 23.1 Å². The summed E-state index contributed by atoms with van der Waals surface area (Å²) in [4.78, 5) is 29.2. The number of fused-ring (bicyclic) bond motifs is 2. The van der Waals surface area contributed by atoms with Crippen molar-refractivity contribution in [1.82, 2.24) is 14.7 Å². The van der Waals surface area contributed by atoms with Crippen LogP contribution in [0.15, 0.2) is 59.7 Å². The summed E-state index contributed by atoms with van der Waals surface area (Å²) in [6, 6.07) is 13.6. The second-order valence-corrected chi connectivity index (χ2v) is 6.09. The maximum absolute atomic E-state index is 12.5. The van der Waals surface area contributed by atoms with E-state index in [1.54, 1.807) is 24.4 Å². The lowest BCUT2D eigenvalue weighted by molar-refractivity contribution is 0.0931. The molecule has 0 bridgehead atoms. The van der Waals surface area contributed by atoms with Gasteiger partial charge in [0.2, 0.25) is 0 Å². The number of aryl methyl sites for hydroxylation is 1. The molecule has 1 unspecified atom stereocenters. The minimum Gasteiger partial charge on any atom is -0.349 e. The average molecular weight is 319 g/mol. The fraction of sp³-hybridized carbons (Fsp3) is 0.211. The number of carbonyl (C=O) groups excluding carboxylic acids is 1. The fourth-order valence-corrected chi connectivity index (χ4v) is 3.27. The van der Waals surface area contributed by atoms with Gasteiger partial charge in [0.05, 0.1) is 0 Å². The van der Waals surface area contributed by atoms with E-state index < -0.39 is 0 Å². The number of benzene rings is 1. The highest BCUT2D eigenvalue weighted by Gasteiger charge is 2.22. The third kappa shape index (κ3) is 2.58. The maximum atomic E-state index is 12.5. The Labute approximate surface area is 139 Å². The summed E-state index contributed by atoms with van der Waals surface area (Å²) >= 11 is 0. The average Bonchev–Trinajstić information content (AvgIpc) is 2.62. The standard InChI is InChI=1S/C19H17N3O2/c23-18(16-12-20-17-7-3-4-10-22(17)19(16)24)21-15-9-8-13-5-1-2-6-14(13)11-15/h1-7,10,12,15H,8-9,11H2,(H,21,23). The first kappa shape index (κ1) is 14.6. The quantitative estimate of drug-likeness (QED) is 0.785. The van der Waals surface area contributed by atoms with Crippen LogP contribution in [0.1, 0.15) is 27.9 Å². The third-order valence-electron chi connectivity index (χ3n) is 4.54. The van der Waals surface area contributed by atoms with E-state index in [4.69, 9.17) is 0 Å². The largest absolute Gasteiger partial charge is 0.349 e. The van der Waals surface area contributed by atoms with Crippen LogP contribution in [-0.2, 0) is 12.8 Å². The van der Waals surface area contributed by atoms with Gasteiger partial charge in [-0.05, 0) is 42.5 Å². The number of nitrogens with one attached hydrogen (secondary N) is 1. The Kier molecular flexibility index (Phi) is 3.61. The van der Waals surface area contributed by atoms with Crippen molar-refractivity contribution in [3.8, 4) is 0 Å². The highest BCUT2D eigenvalue weighted by atomic mass is 16.2. The lowest BCUT2D eigenvalue weighted by Gasteiger charge is -2.25. The van der Waals surface area contributed by atoms with Crippen molar-refractivity contribution in [3.63, 3.8) is 0 Å². The van der Waals surface area contributed by atoms with Crippen molar-refractivity contribution in [2.45, 2.75) is 25.3 Å². The molecule has 4 rings (SSSR count). The van der Waals surface area contributed by atoms with E-state index in [0.29, 0.717) is 5.65 Å². The van der Waals surface area contributed by atoms with Crippen LogP contribution in [0.5, 0.6) is 0 Å². The van der Waals surface area contributed by atoms with Crippen LogP contribution >= 0.6 is 0 Å². The van der Waals surface area contributed by atoms with Gasteiger partial charge in [-0.2, -0.15) is 0 Å². The summed E-state index contributed by atoms with van der Waals surface area (Å²) in [5.74, 6) is -0.352. The molecule has 2 heterocycles. The van der Waals surface area contributed by atoms with Crippen LogP contribution in [-0.4, -0.2) is 21.3 Å². The van der Waals surface area contributed by atoms with Gasteiger partial charge in [-0.15, -0.1) is 0 Å².